The minimum Gasteiger partial charge on any atom is -0.504 e. The van der Waals surface area contributed by atoms with Crippen molar-refractivity contribution in [3.05, 3.63) is 23.3 Å². The molecule has 1 aliphatic rings. The lowest BCUT2D eigenvalue weighted by atomic mass is 10.1. The molecular weight excluding hydrogens is 178 g/mol. The number of hydrogen-bond acceptors (Lipinski definition) is 3. The number of ether oxygens (including phenoxy) is 1. The number of nitrogens with two attached hydrogens (primary N) is 1. The van der Waals surface area contributed by atoms with Gasteiger partial charge in [-0.3, -0.25) is 0 Å². The van der Waals surface area contributed by atoms with Crippen LogP contribution in [0.15, 0.2) is 12.1 Å². The Morgan fingerprint density at radius 2 is 2.36 bits per heavy atom. The van der Waals surface area contributed by atoms with Crippen molar-refractivity contribution in [1.29, 1.82) is 0 Å². The van der Waals surface area contributed by atoms with E-state index >= 15 is 0 Å². The Morgan fingerprint density at radius 1 is 1.57 bits per heavy atom. The second kappa shape index (κ2) is 3.50. The highest BCUT2D eigenvalue weighted by Crippen LogP contribution is 2.41. The predicted octanol–water partition coefficient (Wildman–Crippen LogP) is 1.74. The molecule has 0 aromatic heterocycles. The van der Waals surface area contributed by atoms with Crippen molar-refractivity contribution >= 4 is 0 Å². The number of rotatable bonds is 2. The first kappa shape index (κ1) is 9.34. The zero-order chi connectivity index (χ0) is 10.1. The number of fused-ring (bicyclic) bond motifs is 1. The Bertz CT molecular complexity index is 349. The average molecular weight is 193 g/mol. The zero-order valence-electron chi connectivity index (χ0n) is 8.29. The second-order valence-electron chi connectivity index (χ2n) is 3.56. The first-order valence-electron chi connectivity index (χ1n) is 4.97. The van der Waals surface area contributed by atoms with Gasteiger partial charge < -0.3 is 15.6 Å². The normalized spacial score (nSPS) is 19.4. The van der Waals surface area contributed by atoms with Gasteiger partial charge >= 0.3 is 0 Å². The van der Waals surface area contributed by atoms with Gasteiger partial charge in [0, 0.05) is 11.6 Å². The molecule has 1 aliphatic carbocycles. The number of phenols is 1. The second-order valence-corrected chi connectivity index (χ2v) is 3.56. The van der Waals surface area contributed by atoms with E-state index in [0.29, 0.717) is 12.4 Å². The predicted molar refractivity (Wildman–Crippen MR) is 54.5 cm³/mol. The van der Waals surface area contributed by atoms with Gasteiger partial charge in [-0.15, -0.1) is 0 Å². The van der Waals surface area contributed by atoms with Crippen molar-refractivity contribution in [2.24, 2.45) is 5.73 Å². The van der Waals surface area contributed by atoms with Gasteiger partial charge in [-0.05, 0) is 31.4 Å². The molecule has 1 atom stereocenters. The summed E-state index contributed by atoms with van der Waals surface area (Å²) in [4.78, 5) is 0. The summed E-state index contributed by atoms with van der Waals surface area (Å²) in [6.45, 7) is 2.45. The Balaban J connectivity index is 2.45. The maximum Gasteiger partial charge on any atom is 0.162 e. The molecule has 1 aromatic rings. The van der Waals surface area contributed by atoms with Crippen LogP contribution in [0.3, 0.4) is 0 Å². The monoisotopic (exact) mass is 193 g/mol. The summed E-state index contributed by atoms with van der Waals surface area (Å²) in [5.74, 6) is 0.776. The van der Waals surface area contributed by atoms with E-state index in [0.717, 1.165) is 24.0 Å². The molecule has 3 N–H and O–H groups in total. The van der Waals surface area contributed by atoms with Crippen LogP contribution in [0.4, 0.5) is 0 Å². The van der Waals surface area contributed by atoms with E-state index in [-0.39, 0.29) is 11.8 Å². The van der Waals surface area contributed by atoms with Crippen molar-refractivity contribution in [2.45, 2.75) is 25.8 Å². The van der Waals surface area contributed by atoms with Crippen molar-refractivity contribution in [2.75, 3.05) is 6.61 Å². The van der Waals surface area contributed by atoms with E-state index in [1.165, 1.54) is 0 Å². The van der Waals surface area contributed by atoms with Crippen LogP contribution in [0.25, 0.3) is 0 Å². The van der Waals surface area contributed by atoms with E-state index in [9.17, 15) is 5.11 Å². The maximum absolute atomic E-state index is 9.91. The van der Waals surface area contributed by atoms with Crippen molar-refractivity contribution < 1.29 is 9.84 Å². The van der Waals surface area contributed by atoms with E-state index < -0.39 is 0 Å². The van der Waals surface area contributed by atoms with Gasteiger partial charge in [0.05, 0.1) is 6.61 Å². The summed E-state index contributed by atoms with van der Waals surface area (Å²) in [7, 11) is 0. The van der Waals surface area contributed by atoms with Gasteiger partial charge in [-0.25, -0.2) is 0 Å². The molecule has 3 nitrogen and oxygen atoms in total. The molecule has 0 radical (unpaired) electrons. The lowest BCUT2D eigenvalue weighted by molar-refractivity contribution is 0.316. The molecule has 0 saturated heterocycles. The molecule has 0 fully saturated rings. The molecule has 1 aromatic carbocycles. The fourth-order valence-electron chi connectivity index (χ4n) is 1.99. The Kier molecular flexibility index (Phi) is 2.33. The number of aryl methyl sites for hydroxylation is 1. The number of hydrogen-bond donors (Lipinski definition) is 2. The molecule has 2 rings (SSSR count). The van der Waals surface area contributed by atoms with E-state index in [1.54, 1.807) is 0 Å². The highest BCUT2D eigenvalue weighted by atomic mass is 16.5. The van der Waals surface area contributed by atoms with Crippen LogP contribution in [0.1, 0.15) is 30.5 Å². The minimum absolute atomic E-state index is 0.0367. The fraction of sp³-hybridized carbons (Fsp3) is 0.455. The summed E-state index contributed by atoms with van der Waals surface area (Å²) in [6, 6.07) is 3.77. The average Bonchev–Trinajstić information content (AvgIpc) is 2.54. The Labute approximate surface area is 83.5 Å². The minimum atomic E-state index is -0.0367. The molecule has 0 saturated carbocycles. The molecule has 0 heterocycles. The molecule has 0 spiro atoms. The number of benzene rings is 1. The SMILES string of the molecule is CCOc1ccc2c(c1O)[C@@H](N)CC2. The van der Waals surface area contributed by atoms with Crippen LogP contribution in [0.5, 0.6) is 11.5 Å². The number of aromatic hydroxyl groups is 1. The lowest BCUT2D eigenvalue weighted by Gasteiger charge is -2.12. The summed E-state index contributed by atoms with van der Waals surface area (Å²) < 4.78 is 5.30. The molecule has 14 heavy (non-hydrogen) atoms. The van der Waals surface area contributed by atoms with Crippen LogP contribution in [-0.2, 0) is 6.42 Å². The molecule has 3 heteroatoms. The third-order valence-corrected chi connectivity index (χ3v) is 2.67. The molecule has 0 aliphatic heterocycles. The van der Waals surface area contributed by atoms with Gasteiger partial charge in [0.25, 0.3) is 0 Å². The number of phenolic OH excluding ortho intramolecular Hbond substituents is 1. The van der Waals surface area contributed by atoms with Gasteiger partial charge in [0.15, 0.2) is 11.5 Å². The van der Waals surface area contributed by atoms with Gasteiger partial charge in [-0.1, -0.05) is 6.07 Å². The highest BCUT2D eigenvalue weighted by Gasteiger charge is 2.24. The van der Waals surface area contributed by atoms with E-state index in [1.807, 2.05) is 19.1 Å². The quantitative estimate of drug-likeness (QED) is 0.752. The van der Waals surface area contributed by atoms with E-state index in [4.69, 9.17) is 10.5 Å². The summed E-state index contributed by atoms with van der Waals surface area (Å²) >= 11 is 0. The van der Waals surface area contributed by atoms with Gasteiger partial charge in [-0.2, -0.15) is 0 Å². The van der Waals surface area contributed by atoms with E-state index in [2.05, 4.69) is 0 Å². The molecule has 0 bridgehead atoms. The molecule has 0 unspecified atom stereocenters. The fourth-order valence-corrected chi connectivity index (χ4v) is 1.99. The van der Waals surface area contributed by atoms with Gasteiger partial charge in [0.1, 0.15) is 0 Å². The molecule has 76 valence electrons. The molecule has 0 amide bonds. The first-order chi connectivity index (χ1) is 6.74. The molecular formula is C11H15NO2. The smallest absolute Gasteiger partial charge is 0.162 e. The zero-order valence-corrected chi connectivity index (χ0v) is 8.29. The third kappa shape index (κ3) is 1.34. The van der Waals surface area contributed by atoms with Crippen LogP contribution in [0, 0.1) is 0 Å². The summed E-state index contributed by atoms with van der Waals surface area (Å²) in [5.41, 5.74) is 7.92. The van der Waals surface area contributed by atoms with Gasteiger partial charge in [0.2, 0.25) is 0 Å². The largest absolute Gasteiger partial charge is 0.504 e. The van der Waals surface area contributed by atoms with Crippen LogP contribution < -0.4 is 10.5 Å². The third-order valence-electron chi connectivity index (χ3n) is 2.67. The Hall–Kier alpha value is -1.22. The topological polar surface area (TPSA) is 55.5 Å². The maximum atomic E-state index is 9.91. The Morgan fingerprint density at radius 3 is 3.07 bits per heavy atom. The first-order valence-corrected chi connectivity index (χ1v) is 4.97. The van der Waals surface area contributed by atoms with Crippen molar-refractivity contribution in [1.82, 2.24) is 0 Å². The van der Waals surface area contributed by atoms with Crippen molar-refractivity contribution in [3.63, 3.8) is 0 Å². The van der Waals surface area contributed by atoms with Crippen molar-refractivity contribution in [3.8, 4) is 11.5 Å². The summed E-state index contributed by atoms with van der Waals surface area (Å²) in [6.07, 6.45) is 1.87. The van der Waals surface area contributed by atoms with Crippen LogP contribution in [0.2, 0.25) is 0 Å². The lowest BCUT2D eigenvalue weighted by Crippen LogP contribution is -2.06. The van der Waals surface area contributed by atoms with Crippen LogP contribution >= 0.6 is 0 Å². The highest BCUT2D eigenvalue weighted by molar-refractivity contribution is 5.53. The standard InChI is InChI=1S/C11H15NO2/c1-2-14-9-6-4-7-3-5-8(12)10(7)11(9)13/h4,6,8,13H,2-3,5,12H2,1H3/t8-/m0/s1. The summed E-state index contributed by atoms with van der Waals surface area (Å²) in [5, 5.41) is 9.91. The van der Waals surface area contributed by atoms with Crippen LogP contribution in [-0.4, -0.2) is 11.7 Å².